The summed E-state index contributed by atoms with van der Waals surface area (Å²) in [5.74, 6) is -3.17. The molecule has 1 spiro atoms. The summed E-state index contributed by atoms with van der Waals surface area (Å²) in [6, 6.07) is 6.48. The second-order valence-electron chi connectivity index (χ2n) is 10.4. The summed E-state index contributed by atoms with van der Waals surface area (Å²) in [6.07, 6.45) is -4.56. The highest BCUT2D eigenvalue weighted by molar-refractivity contribution is 6.16. The molecule has 0 radical (unpaired) electrons. The number of nitrogens with zero attached hydrogens (tertiary/aromatic N) is 3. The first-order valence-corrected chi connectivity index (χ1v) is 12.9. The molecule has 2 saturated heterocycles. The lowest BCUT2D eigenvalue weighted by molar-refractivity contribution is -0.139. The lowest BCUT2D eigenvalue weighted by Gasteiger charge is -2.43. The van der Waals surface area contributed by atoms with Crippen LogP contribution in [-0.2, 0) is 15.8 Å². The third-order valence-electron chi connectivity index (χ3n) is 7.60. The summed E-state index contributed by atoms with van der Waals surface area (Å²) in [6.45, 7) is 3.40. The maximum absolute atomic E-state index is 14.3. The number of carbonyl (C=O) groups is 4. The van der Waals surface area contributed by atoms with Crippen molar-refractivity contribution >= 4 is 29.4 Å². The van der Waals surface area contributed by atoms with E-state index in [1.807, 2.05) is 0 Å². The number of alkyl halides is 3. The van der Waals surface area contributed by atoms with Crippen molar-refractivity contribution < 1.29 is 41.5 Å². The Bertz CT molecular complexity index is 1350. The summed E-state index contributed by atoms with van der Waals surface area (Å²) in [5.41, 5.74) is -2.76. The molecule has 2 aromatic rings. The fraction of sp³-hybridized carbons (Fsp3) is 0.429. The second-order valence-corrected chi connectivity index (χ2v) is 10.4. The van der Waals surface area contributed by atoms with Gasteiger partial charge in [0.25, 0.3) is 11.8 Å². The van der Waals surface area contributed by atoms with Crippen molar-refractivity contribution in [2.24, 2.45) is 5.92 Å². The van der Waals surface area contributed by atoms with Crippen LogP contribution in [0.25, 0.3) is 0 Å². The van der Waals surface area contributed by atoms with E-state index in [0.717, 1.165) is 4.90 Å². The Kier molecular flexibility index (Phi) is 8.01. The molecule has 2 heterocycles. The Balaban J connectivity index is 1.53. The molecule has 5 amide bonds. The van der Waals surface area contributed by atoms with Crippen LogP contribution >= 0.6 is 0 Å². The van der Waals surface area contributed by atoms with Crippen LogP contribution in [0.1, 0.15) is 42.6 Å². The maximum Gasteiger partial charge on any atom is 0.416 e. The molecule has 13 heteroatoms. The van der Waals surface area contributed by atoms with Gasteiger partial charge in [0.05, 0.1) is 18.2 Å². The van der Waals surface area contributed by atoms with Crippen LogP contribution in [-0.4, -0.2) is 72.4 Å². The topological polar surface area (TPSA) is 99.3 Å². The number of hydrogen-bond donors (Lipinski definition) is 1. The Hall–Kier alpha value is -4.16. The molecular formula is C28H30F4N4O5. The van der Waals surface area contributed by atoms with E-state index in [1.54, 1.807) is 38.1 Å². The first-order chi connectivity index (χ1) is 19.2. The number of halogens is 4. The first kappa shape index (κ1) is 29.8. The van der Waals surface area contributed by atoms with Gasteiger partial charge in [-0.15, -0.1) is 0 Å². The van der Waals surface area contributed by atoms with Gasteiger partial charge in [0.1, 0.15) is 23.1 Å². The zero-order valence-electron chi connectivity index (χ0n) is 22.9. The number of rotatable bonds is 6. The van der Waals surface area contributed by atoms with Crippen molar-refractivity contribution in [2.75, 3.05) is 32.1 Å². The molecule has 1 unspecified atom stereocenters. The third-order valence-corrected chi connectivity index (χ3v) is 7.60. The van der Waals surface area contributed by atoms with Gasteiger partial charge in [-0.25, -0.2) is 9.18 Å². The smallest absolute Gasteiger partial charge is 0.416 e. The molecule has 9 nitrogen and oxygen atoms in total. The normalized spacial score (nSPS) is 17.8. The van der Waals surface area contributed by atoms with Gasteiger partial charge in [-0.2, -0.15) is 13.2 Å². The minimum absolute atomic E-state index is 0.0648. The first-order valence-electron chi connectivity index (χ1n) is 12.9. The van der Waals surface area contributed by atoms with Crippen molar-refractivity contribution in [2.45, 2.75) is 44.4 Å². The molecule has 2 fully saturated rings. The van der Waals surface area contributed by atoms with Crippen LogP contribution in [0.15, 0.2) is 42.5 Å². The van der Waals surface area contributed by atoms with E-state index in [0.29, 0.717) is 29.6 Å². The zero-order chi connectivity index (χ0) is 30.3. The maximum atomic E-state index is 14.3. The van der Waals surface area contributed by atoms with Crippen molar-refractivity contribution in [3.8, 4) is 5.75 Å². The monoisotopic (exact) mass is 578 g/mol. The van der Waals surface area contributed by atoms with Crippen molar-refractivity contribution in [1.29, 1.82) is 0 Å². The van der Waals surface area contributed by atoms with Gasteiger partial charge in [0, 0.05) is 25.8 Å². The van der Waals surface area contributed by atoms with Crippen LogP contribution in [0.2, 0.25) is 0 Å². The largest absolute Gasteiger partial charge is 0.497 e. The zero-order valence-corrected chi connectivity index (χ0v) is 22.9. The number of methoxy groups -OCH3 is 1. The molecule has 1 N–H and O–H groups in total. The molecule has 220 valence electrons. The molecule has 0 aliphatic carbocycles. The summed E-state index contributed by atoms with van der Waals surface area (Å²) in [5, 5.41) is 2.39. The molecule has 0 saturated carbocycles. The highest BCUT2D eigenvalue weighted by atomic mass is 19.4. The number of urea groups is 1. The predicted molar refractivity (Wildman–Crippen MR) is 140 cm³/mol. The summed E-state index contributed by atoms with van der Waals surface area (Å²) < 4.78 is 58.9. The van der Waals surface area contributed by atoms with Crippen molar-refractivity contribution in [3.63, 3.8) is 0 Å². The van der Waals surface area contributed by atoms with Gasteiger partial charge in [-0.3, -0.25) is 24.2 Å². The lowest BCUT2D eigenvalue weighted by Crippen LogP contribution is -2.60. The molecule has 1 atom stereocenters. The number of hydrogen-bond acceptors (Lipinski definition) is 5. The van der Waals surface area contributed by atoms with Crippen LogP contribution < -0.4 is 15.0 Å². The van der Waals surface area contributed by atoms with Crippen molar-refractivity contribution in [1.82, 2.24) is 15.1 Å². The van der Waals surface area contributed by atoms with Gasteiger partial charge in [0.15, 0.2) is 0 Å². The van der Waals surface area contributed by atoms with E-state index in [1.165, 1.54) is 24.0 Å². The van der Waals surface area contributed by atoms with Crippen LogP contribution in [0.4, 0.5) is 28.0 Å². The SMILES string of the molecule is COc1ccc(N2C(=O)N(C)C(=O)C23CCN(C(=O)C(NC(=O)c2cc(C(F)(F)F)ccc2F)C(C)C)CC3)cc1. The number of piperidine rings is 1. The number of amides is 5. The van der Waals surface area contributed by atoms with Crippen LogP contribution in [0, 0.1) is 11.7 Å². The van der Waals surface area contributed by atoms with Gasteiger partial charge >= 0.3 is 12.2 Å². The van der Waals surface area contributed by atoms with Crippen LogP contribution in [0.5, 0.6) is 5.75 Å². The van der Waals surface area contributed by atoms with Crippen molar-refractivity contribution in [3.05, 3.63) is 59.4 Å². The molecule has 2 aromatic carbocycles. The molecule has 2 aliphatic heterocycles. The van der Waals surface area contributed by atoms with Gasteiger partial charge < -0.3 is 15.0 Å². The van der Waals surface area contributed by atoms with E-state index < -0.39 is 64.4 Å². The minimum Gasteiger partial charge on any atom is -0.497 e. The molecular weight excluding hydrogens is 548 g/mol. The number of likely N-dealkylation sites (tertiary alicyclic amines) is 1. The number of nitrogens with one attached hydrogen (secondary N) is 1. The Morgan fingerprint density at radius 1 is 1.02 bits per heavy atom. The number of ether oxygens (including phenoxy) is 1. The van der Waals surface area contributed by atoms with Gasteiger partial charge in [-0.1, -0.05) is 13.8 Å². The highest BCUT2D eigenvalue weighted by Crippen LogP contribution is 2.41. The molecule has 4 rings (SSSR count). The average Bonchev–Trinajstić information content (AvgIpc) is 3.11. The fourth-order valence-corrected chi connectivity index (χ4v) is 5.26. The standard InChI is InChI=1S/C28H30F4N4O5/c1-16(2)22(33-23(37)20-15-17(28(30,31)32)5-10-21(20)29)24(38)35-13-11-27(12-14-35)25(39)34(3)26(40)36(27)18-6-8-19(41-4)9-7-18/h5-10,15-16,22H,11-14H2,1-4H3,(H,33,37). The van der Waals surface area contributed by atoms with E-state index >= 15 is 0 Å². The highest BCUT2D eigenvalue weighted by Gasteiger charge is 2.58. The van der Waals surface area contributed by atoms with Gasteiger partial charge in [-0.05, 0) is 61.2 Å². The van der Waals surface area contributed by atoms with Crippen LogP contribution in [0.3, 0.4) is 0 Å². The number of likely N-dealkylation sites (N-methyl/N-ethyl adjacent to an activating group) is 1. The third kappa shape index (κ3) is 5.44. The predicted octanol–water partition coefficient (Wildman–Crippen LogP) is 4.07. The Morgan fingerprint density at radius 3 is 2.17 bits per heavy atom. The Morgan fingerprint density at radius 2 is 1.63 bits per heavy atom. The molecule has 41 heavy (non-hydrogen) atoms. The second kappa shape index (κ2) is 11.0. The summed E-state index contributed by atoms with van der Waals surface area (Å²) in [4.78, 5) is 56.6. The summed E-state index contributed by atoms with van der Waals surface area (Å²) >= 11 is 0. The van der Waals surface area contributed by atoms with E-state index in [9.17, 15) is 36.7 Å². The Labute approximate surface area is 234 Å². The quantitative estimate of drug-likeness (QED) is 0.412. The lowest BCUT2D eigenvalue weighted by atomic mass is 9.85. The minimum atomic E-state index is -4.79. The van der Waals surface area contributed by atoms with Gasteiger partial charge in [0.2, 0.25) is 5.91 Å². The number of benzene rings is 2. The summed E-state index contributed by atoms with van der Waals surface area (Å²) in [7, 11) is 2.90. The number of imide groups is 1. The molecule has 0 aromatic heterocycles. The molecule has 2 aliphatic rings. The fourth-order valence-electron chi connectivity index (χ4n) is 5.26. The number of anilines is 1. The molecule has 0 bridgehead atoms. The number of carbonyl (C=O) groups excluding carboxylic acids is 4. The average molecular weight is 579 g/mol. The van der Waals surface area contributed by atoms with E-state index in [4.69, 9.17) is 4.74 Å². The van der Waals surface area contributed by atoms with E-state index in [-0.39, 0.29) is 25.9 Å². The van der Waals surface area contributed by atoms with E-state index in [2.05, 4.69) is 5.32 Å².